The first-order chi connectivity index (χ1) is 10.9. The van der Waals surface area contributed by atoms with Crippen LogP contribution in [0.5, 0.6) is 0 Å². The normalized spacial score (nSPS) is 20.0. The van der Waals surface area contributed by atoms with Crippen molar-refractivity contribution in [2.75, 3.05) is 33.1 Å². The van der Waals surface area contributed by atoms with Crippen LogP contribution >= 0.6 is 11.8 Å². The quantitative estimate of drug-likeness (QED) is 0.617. The highest BCUT2D eigenvalue weighted by Crippen LogP contribution is 2.38. The van der Waals surface area contributed by atoms with Crippen molar-refractivity contribution in [3.8, 4) is 0 Å². The summed E-state index contributed by atoms with van der Waals surface area (Å²) in [5.41, 5.74) is -0.434. The van der Waals surface area contributed by atoms with Gasteiger partial charge in [-0.2, -0.15) is 13.2 Å². The molecule has 0 radical (unpaired) electrons. The number of rotatable bonds is 3. The molecule has 0 unspecified atom stereocenters. The molecule has 0 spiro atoms. The van der Waals surface area contributed by atoms with E-state index in [4.69, 9.17) is 4.74 Å². The Morgan fingerprint density at radius 2 is 1.91 bits per heavy atom. The van der Waals surface area contributed by atoms with Crippen LogP contribution in [-0.2, 0) is 10.9 Å². The fourth-order valence-electron chi connectivity index (χ4n) is 3.34. The van der Waals surface area contributed by atoms with Crippen molar-refractivity contribution in [3.05, 3.63) is 18.1 Å². The Morgan fingerprint density at radius 3 is 2.43 bits per heavy atom. The minimum Gasteiger partial charge on any atom is -0.383 e. The summed E-state index contributed by atoms with van der Waals surface area (Å²) >= 11 is 1.15. The average Bonchev–Trinajstić information content (AvgIpc) is 3.07. The Kier molecular flexibility index (Phi) is 6.27. The average molecular weight is 349 g/mol. The first-order valence-electron chi connectivity index (χ1n) is 7.58. The molecule has 8 heteroatoms. The zero-order chi connectivity index (χ0) is 16.9. The van der Waals surface area contributed by atoms with Gasteiger partial charge in [0.15, 0.2) is 0 Å². The third kappa shape index (κ3) is 4.58. The van der Waals surface area contributed by atoms with Gasteiger partial charge in [0.25, 0.3) is 0 Å². The number of methoxy groups -OCH3 is 1. The van der Waals surface area contributed by atoms with Crippen LogP contribution in [0, 0.1) is 0 Å². The van der Waals surface area contributed by atoms with Crippen LogP contribution < -0.4 is 0 Å². The van der Waals surface area contributed by atoms with Gasteiger partial charge in [-0.3, -0.25) is 4.90 Å². The Labute approximate surface area is 138 Å². The molecule has 2 aliphatic rings. The van der Waals surface area contributed by atoms with E-state index >= 15 is 0 Å². The van der Waals surface area contributed by atoms with Crippen LogP contribution in [0.1, 0.15) is 31.4 Å². The molecule has 0 saturated carbocycles. The number of alkyl halides is 3. The van der Waals surface area contributed by atoms with Gasteiger partial charge in [-0.25, -0.2) is 9.97 Å². The molecule has 0 amide bonds. The number of thioether (sulfide) groups is 1. The van der Waals surface area contributed by atoms with E-state index < -0.39 is 11.9 Å². The van der Waals surface area contributed by atoms with Crippen LogP contribution in [0.25, 0.3) is 0 Å². The molecule has 3 heterocycles. The van der Waals surface area contributed by atoms with Gasteiger partial charge < -0.3 is 4.74 Å². The number of hydrogen-bond donors (Lipinski definition) is 0. The summed E-state index contributed by atoms with van der Waals surface area (Å²) in [5, 5.41) is 0.317. The molecule has 23 heavy (non-hydrogen) atoms. The summed E-state index contributed by atoms with van der Waals surface area (Å²) in [6.45, 7) is 3.57. The monoisotopic (exact) mass is 349 g/mol. The minimum absolute atomic E-state index is 0.317. The Bertz CT molecular complexity index is 503. The number of hydrogen-bond acceptors (Lipinski definition) is 5. The molecule has 1 aromatic heterocycles. The highest BCUT2D eigenvalue weighted by molar-refractivity contribution is 7.98. The molecule has 3 rings (SSSR count). The smallest absolute Gasteiger partial charge is 0.383 e. The molecule has 130 valence electrons. The zero-order valence-corrected chi connectivity index (χ0v) is 14.2. The Hall–Kier alpha value is -0.860. The number of ether oxygens (including phenoxy) is 1. The number of nitrogens with zero attached hydrogens (tertiary/aromatic N) is 3. The maximum absolute atomic E-state index is 12.0. The second-order valence-electron chi connectivity index (χ2n) is 5.79. The predicted molar refractivity (Wildman–Crippen MR) is 83.5 cm³/mol. The first-order valence-corrected chi connectivity index (χ1v) is 8.81. The van der Waals surface area contributed by atoms with Crippen molar-refractivity contribution in [1.29, 1.82) is 0 Å². The topological polar surface area (TPSA) is 38.2 Å². The van der Waals surface area contributed by atoms with Crippen LogP contribution in [0.4, 0.5) is 13.2 Å². The lowest BCUT2D eigenvalue weighted by atomic mass is 9.95. The maximum Gasteiger partial charge on any atom is 0.433 e. The third-order valence-corrected chi connectivity index (χ3v) is 5.01. The van der Waals surface area contributed by atoms with E-state index in [2.05, 4.69) is 14.9 Å². The fourth-order valence-corrected chi connectivity index (χ4v) is 3.72. The van der Waals surface area contributed by atoms with E-state index in [0.29, 0.717) is 10.6 Å². The van der Waals surface area contributed by atoms with E-state index in [1.807, 2.05) is 7.11 Å². The van der Waals surface area contributed by atoms with Gasteiger partial charge in [0, 0.05) is 18.7 Å². The lowest BCUT2D eigenvalue weighted by Crippen LogP contribution is -2.42. The van der Waals surface area contributed by atoms with Crippen molar-refractivity contribution < 1.29 is 17.9 Å². The van der Waals surface area contributed by atoms with E-state index in [-0.39, 0.29) is 0 Å². The number of fused-ring (bicyclic) bond motifs is 1. The van der Waals surface area contributed by atoms with E-state index in [1.54, 1.807) is 6.26 Å². The molecular formula is C15H22F3N3OS. The number of halogens is 3. The SMILES string of the molecule is COCC12CCCN1CCC2.CSc1cc(C(F)(F)F)ncn1. The second-order valence-corrected chi connectivity index (χ2v) is 6.62. The molecule has 0 bridgehead atoms. The first kappa shape index (κ1) is 18.5. The molecule has 1 aromatic rings. The van der Waals surface area contributed by atoms with E-state index in [0.717, 1.165) is 30.8 Å². The molecule has 2 saturated heterocycles. The Balaban J connectivity index is 0.000000167. The van der Waals surface area contributed by atoms with Gasteiger partial charge >= 0.3 is 6.18 Å². The summed E-state index contributed by atoms with van der Waals surface area (Å²) in [4.78, 5) is 9.35. The second kappa shape index (κ2) is 7.81. The zero-order valence-electron chi connectivity index (χ0n) is 13.4. The standard InChI is InChI=1S/C9H17NO.C6H5F3N2S/c1-11-8-9-4-2-6-10(9)7-3-5-9;1-12-5-2-4(6(7,8)9)10-3-11-5/h2-8H2,1H3;2-3H,1H3. The van der Waals surface area contributed by atoms with E-state index in [1.165, 1.54) is 38.8 Å². The maximum atomic E-state index is 12.0. The van der Waals surface area contributed by atoms with Gasteiger partial charge in [0.2, 0.25) is 0 Å². The van der Waals surface area contributed by atoms with Gasteiger partial charge in [-0.05, 0) is 45.0 Å². The van der Waals surface area contributed by atoms with Crippen molar-refractivity contribution in [2.24, 2.45) is 0 Å². The minimum atomic E-state index is -4.38. The molecule has 0 atom stereocenters. The molecule has 2 aliphatic heterocycles. The van der Waals surface area contributed by atoms with Crippen molar-refractivity contribution in [1.82, 2.24) is 14.9 Å². The van der Waals surface area contributed by atoms with Gasteiger partial charge in [-0.15, -0.1) is 11.8 Å². The number of aromatic nitrogens is 2. The third-order valence-electron chi connectivity index (χ3n) is 4.37. The van der Waals surface area contributed by atoms with Crippen molar-refractivity contribution in [3.63, 3.8) is 0 Å². The lowest BCUT2D eigenvalue weighted by Gasteiger charge is -2.30. The summed E-state index contributed by atoms with van der Waals surface area (Å²) in [6, 6.07) is 0.921. The lowest BCUT2D eigenvalue weighted by molar-refractivity contribution is -0.141. The molecule has 2 fully saturated rings. The van der Waals surface area contributed by atoms with Crippen LogP contribution in [-0.4, -0.2) is 53.5 Å². The van der Waals surface area contributed by atoms with Crippen LogP contribution in [0.2, 0.25) is 0 Å². The van der Waals surface area contributed by atoms with Gasteiger partial charge in [0.05, 0.1) is 11.6 Å². The van der Waals surface area contributed by atoms with Crippen LogP contribution in [0.3, 0.4) is 0 Å². The van der Waals surface area contributed by atoms with Crippen molar-refractivity contribution in [2.45, 2.75) is 42.4 Å². The molecule has 0 N–H and O–H groups in total. The molecule has 0 aromatic carbocycles. The summed E-state index contributed by atoms with van der Waals surface area (Å²) in [6.07, 6.45) is 3.67. The van der Waals surface area contributed by atoms with E-state index in [9.17, 15) is 13.2 Å². The highest BCUT2D eigenvalue weighted by Gasteiger charge is 2.43. The summed E-state index contributed by atoms with van der Waals surface area (Å²) in [7, 11) is 1.82. The highest BCUT2D eigenvalue weighted by atomic mass is 32.2. The van der Waals surface area contributed by atoms with Gasteiger partial charge in [0.1, 0.15) is 12.0 Å². The summed E-state index contributed by atoms with van der Waals surface area (Å²) < 4.78 is 41.3. The molecule has 4 nitrogen and oxygen atoms in total. The largest absolute Gasteiger partial charge is 0.433 e. The fraction of sp³-hybridized carbons (Fsp3) is 0.733. The van der Waals surface area contributed by atoms with Crippen molar-refractivity contribution >= 4 is 11.8 Å². The van der Waals surface area contributed by atoms with Gasteiger partial charge in [-0.1, -0.05) is 0 Å². The predicted octanol–water partition coefficient (Wildman–Crippen LogP) is 3.48. The van der Waals surface area contributed by atoms with Crippen LogP contribution in [0.15, 0.2) is 17.4 Å². The molecular weight excluding hydrogens is 327 g/mol. The Morgan fingerprint density at radius 1 is 1.26 bits per heavy atom. The molecule has 0 aliphatic carbocycles. The summed E-state index contributed by atoms with van der Waals surface area (Å²) in [5.74, 6) is 0.